The van der Waals surface area contributed by atoms with Gasteiger partial charge in [-0.25, -0.2) is 0 Å². The fourth-order valence-corrected chi connectivity index (χ4v) is 4.70. The summed E-state index contributed by atoms with van der Waals surface area (Å²) in [5, 5.41) is 5.42. The Balaban J connectivity index is 1.18. The molecule has 8 heteroatoms. The largest absolute Gasteiger partial charge is 0.378 e. The maximum Gasteiger partial charge on any atom is 0.193 e. The van der Waals surface area contributed by atoms with Gasteiger partial charge in [0.2, 0.25) is 0 Å². The number of hydrogen-bond donors (Lipinski definition) is 0. The lowest BCUT2D eigenvalue weighted by Crippen LogP contribution is -2.36. The van der Waals surface area contributed by atoms with E-state index < -0.39 is 0 Å². The second-order valence-electron chi connectivity index (χ2n) is 8.86. The standard InChI is InChI=1S/C29H25N3O4S/c33-27(22-9-11-25(12-10-22)32-13-15-36-16-14-32)17-20-1-5-23(6-2-20)29(35)24-7-3-21(4-8-24)18-28(34)26-19-37-31-30-26/h1-12,19H,13-18H2. The third-order valence-corrected chi connectivity index (χ3v) is 6.88. The SMILES string of the molecule is O=C(Cc1ccc(C(=O)c2ccc(CC(=O)c3csnn3)cc2)cc1)c1ccc(N2CCOCC2)cc1. The smallest absolute Gasteiger partial charge is 0.193 e. The predicted molar refractivity (Wildman–Crippen MR) is 142 cm³/mol. The van der Waals surface area contributed by atoms with Crippen LogP contribution in [0.2, 0.25) is 0 Å². The molecule has 37 heavy (non-hydrogen) atoms. The molecule has 0 N–H and O–H groups in total. The molecule has 0 aliphatic carbocycles. The molecule has 0 unspecified atom stereocenters. The van der Waals surface area contributed by atoms with E-state index in [1.165, 1.54) is 0 Å². The van der Waals surface area contributed by atoms with Crippen molar-refractivity contribution in [3.63, 3.8) is 0 Å². The van der Waals surface area contributed by atoms with E-state index in [4.69, 9.17) is 4.74 Å². The molecule has 1 aliphatic heterocycles. The molecule has 4 aromatic rings. The highest BCUT2D eigenvalue weighted by Crippen LogP contribution is 2.19. The number of ketones is 3. The summed E-state index contributed by atoms with van der Waals surface area (Å²) in [7, 11) is 0. The van der Waals surface area contributed by atoms with Crippen molar-refractivity contribution in [3.8, 4) is 0 Å². The van der Waals surface area contributed by atoms with E-state index >= 15 is 0 Å². The fraction of sp³-hybridized carbons (Fsp3) is 0.207. The predicted octanol–water partition coefficient (Wildman–Crippen LogP) is 4.46. The Labute approximate surface area is 218 Å². The van der Waals surface area contributed by atoms with Crippen molar-refractivity contribution in [2.24, 2.45) is 0 Å². The Morgan fingerprint density at radius 3 is 1.81 bits per heavy atom. The van der Waals surface area contributed by atoms with Crippen molar-refractivity contribution in [3.05, 3.63) is 112 Å². The van der Waals surface area contributed by atoms with Crippen molar-refractivity contribution >= 4 is 34.6 Å². The van der Waals surface area contributed by atoms with E-state index in [0.717, 1.165) is 54.7 Å². The number of morpholine rings is 1. The highest BCUT2D eigenvalue weighted by Gasteiger charge is 2.15. The zero-order valence-corrected chi connectivity index (χ0v) is 20.9. The van der Waals surface area contributed by atoms with Crippen LogP contribution in [-0.4, -0.2) is 53.2 Å². The summed E-state index contributed by atoms with van der Waals surface area (Å²) in [6.45, 7) is 3.15. The van der Waals surface area contributed by atoms with Crippen LogP contribution in [0.1, 0.15) is 47.9 Å². The van der Waals surface area contributed by atoms with Crippen LogP contribution in [0, 0.1) is 0 Å². The average molecular weight is 512 g/mol. The van der Waals surface area contributed by atoms with Crippen molar-refractivity contribution in [1.29, 1.82) is 0 Å². The molecule has 1 saturated heterocycles. The first-order chi connectivity index (χ1) is 18.1. The summed E-state index contributed by atoms with van der Waals surface area (Å²) in [4.78, 5) is 40.2. The molecule has 1 aromatic heterocycles. The number of hydrogen-bond acceptors (Lipinski definition) is 8. The van der Waals surface area contributed by atoms with E-state index in [1.807, 2.05) is 36.4 Å². The Morgan fingerprint density at radius 2 is 1.27 bits per heavy atom. The second kappa shape index (κ2) is 11.4. The molecule has 5 rings (SSSR count). The summed E-state index contributed by atoms with van der Waals surface area (Å²) in [6, 6.07) is 21.9. The molecule has 0 saturated carbocycles. The monoisotopic (exact) mass is 511 g/mol. The minimum atomic E-state index is -0.113. The van der Waals surface area contributed by atoms with Crippen molar-refractivity contribution in [1.82, 2.24) is 9.59 Å². The third-order valence-electron chi connectivity index (χ3n) is 6.37. The molecule has 0 atom stereocenters. The van der Waals surface area contributed by atoms with Gasteiger partial charge in [0, 0.05) is 53.7 Å². The molecule has 0 spiro atoms. The van der Waals surface area contributed by atoms with Crippen LogP contribution in [0.25, 0.3) is 0 Å². The van der Waals surface area contributed by atoms with E-state index in [-0.39, 0.29) is 30.2 Å². The number of benzene rings is 3. The number of nitrogens with zero attached hydrogens (tertiary/aromatic N) is 3. The van der Waals surface area contributed by atoms with Gasteiger partial charge in [0.15, 0.2) is 17.3 Å². The van der Waals surface area contributed by atoms with Gasteiger partial charge >= 0.3 is 0 Å². The van der Waals surface area contributed by atoms with Crippen LogP contribution in [0.3, 0.4) is 0 Å². The minimum absolute atomic E-state index is 0.0335. The molecular formula is C29H25N3O4S. The molecule has 1 aliphatic rings. The van der Waals surface area contributed by atoms with Gasteiger partial charge in [-0.15, -0.1) is 5.10 Å². The normalized spacial score (nSPS) is 13.4. The molecule has 7 nitrogen and oxygen atoms in total. The number of aromatic nitrogens is 2. The first-order valence-electron chi connectivity index (χ1n) is 12.1. The average Bonchev–Trinajstić information content (AvgIpc) is 3.50. The second-order valence-corrected chi connectivity index (χ2v) is 9.47. The number of rotatable bonds is 9. The molecular weight excluding hydrogens is 486 g/mol. The highest BCUT2D eigenvalue weighted by molar-refractivity contribution is 7.03. The van der Waals surface area contributed by atoms with Gasteiger partial charge in [0.1, 0.15) is 5.69 Å². The maximum absolute atomic E-state index is 12.9. The van der Waals surface area contributed by atoms with Gasteiger partial charge in [-0.05, 0) is 46.9 Å². The van der Waals surface area contributed by atoms with E-state index in [0.29, 0.717) is 22.4 Å². The molecule has 186 valence electrons. The van der Waals surface area contributed by atoms with Gasteiger partial charge in [0.05, 0.1) is 13.2 Å². The van der Waals surface area contributed by atoms with E-state index in [9.17, 15) is 14.4 Å². The Morgan fingerprint density at radius 1 is 0.730 bits per heavy atom. The van der Waals surface area contributed by atoms with E-state index in [2.05, 4.69) is 14.5 Å². The zero-order chi connectivity index (χ0) is 25.6. The van der Waals surface area contributed by atoms with E-state index in [1.54, 1.807) is 41.8 Å². The summed E-state index contributed by atoms with van der Waals surface area (Å²) in [5.41, 5.74) is 4.86. The van der Waals surface area contributed by atoms with Gasteiger partial charge in [-0.2, -0.15) is 0 Å². The number of carbonyl (C=O) groups excluding carboxylic acids is 3. The first-order valence-corrected chi connectivity index (χ1v) is 12.9. The summed E-state index contributed by atoms with van der Waals surface area (Å²) >= 11 is 1.14. The minimum Gasteiger partial charge on any atom is -0.378 e. The van der Waals surface area contributed by atoms with Crippen LogP contribution in [-0.2, 0) is 17.6 Å². The molecule has 3 aromatic carbocycles. The molecule has 0 bridgehead atoms. The molecule has 1 fully saturated rings. The quantitative estimate of drug-likeness (QED) is 0.307. The summed E-state index contributed by atoms with van der Waals surface area (Å²) in [6.07, 6.45) is 0.473. The summed E-state index contributed by atoms with van der Waals surface area (Å²) in [5.74, 6) is -0.185. The van der Waals surface area contributed by atoms with Crippen molar-refractivity contribution in [2.45, 2.75) is 12.8 Å². The van der Waals surface area contributed by atoms with Gasteiger partial charge in [0.25, 0.3) is 0 Å². The zero-order valence-electron chi connectivity index (χ0n) is 20.1. The lowest BCUT2D eigenvalue weighted by atomic mass is 9.97. The third kappa shape index (κ3) is 6.04. The van der Waals surface area contributed by atoms with Crippen molar-refractivity contribution in [2.75, 3.05) is 31.2 Å². The van der Waals surface area contributed by atoms with Crippen LogP contribution < -0.4 is 4.90 Å². The Hall–Kier alpha value is -4.01. The molecule has 0 amide bonds. The van der Waals surface area contributed by atoms with Crippen LogP contribution >= 0.6 is 11.5 Å². The molecule has 2 heterocycles. The molecule has 0 radical (unpaired) electrons. The number of anilines is 1. The van der Waals surface area contributed by atoms with Crippen LogP contribution in [0.15, 0.2) is 78.2 Å². The Kier molecular flexibility index (Phi) is 7.58. The van der Waals surface area contributed by atoms with Gasteiger partial charge in [-0.3, -0.25) is 14.4 Å². The number of carbonyl (C=O) groups is 3. The first kappa shape index (κ1) is 24.7. The lowest BCUT2D eigenvalue weighted by Gasteiger charge is -2.28. The maximum atomic E-state index is 12.9. The number of Topliss-reactive ketones (excluding diaryl/α,β-unsaturated/α-hetero) is 2. The van der Waals surface area contributed by atoms with Gasteiger partial charge < -0.3 is 9.64 Å². The fourth-order valence-electron chi connectivity index (χ4n) is 4.24. The van der Waals surface area contributed by atoms with Gasteiger partial charge in [-0.1, -0.05) is 53.0 Å². The summed E-state index contributed by atoms with van der Waals surface area (Å²) < 4.78 is 9.11. The Bertz CT molecular complexity index is 1380. The number of ether oxygens (including phenoxy) is 1. The highest BCUT2D eigenvalue weighted by atomic mass is 32.1. The van der Waals surface area contributed by atoms with Crippen molar-refractivity contribution < 1.29 is 19.1 Å². The lowest BCUT2D eigenvalue weighted by molar-refractivity contribution is 0.0982. The topological polar surface area (TPSA) is 89.5 Å². The van der Waals surface area contributed by atoms with Crippen LogP contribution in [0.5, 0.6) is 0 Å². The van der Waals surface area contributed by atoms with Crippen LogP contribution in [0.4, 0.5) is 5.69 Å².